The maximum absolute atomic E-state index is 12.6. The van der Waals surface area contributed by atoms with E-state index in [1.54, 1.807) is 18.2 Å². The lowest BCUT2D eigenvalue weighted by Gasteiger charge is -2.30. The number of hydrogen-bond donors (Lipinski definition) is 3. The Morgan fingerprint density at radius 3 is 2.66 bits per heavy atom. The van der Waals surface area contributed by atoms with Crippen molar-refractivity contribution in [1.29, 1.82) is 0 Å². The lowest BCUT2D eigenvalue weighted by Crippen LogP contribution is -2.42. The molecule has 2 aromatic carbocycles. The van der Waals surface area contributed by atoms with Crippen molar-refractivity contribution >= 4 is 29.1 Å². The number of nitrogens with two attached hydrogens (primary N) is 1. The zero-order valence-corrected chi connectivity index (χ0v) is 16.7. The summed E-state index contributed by atoms with van der Waals surface area (Å²) in [6, 6.07) is 12.7. The molecular formula is C22H26N4O3. The first kappa shape index (κ1) is 20.5. The third kappa shape index (κ3) is 5.00. The number of hydrogen-bond acceptors (Lipinski definition) is 4. The molecule has 0 atom stereocenters. The molecule has 0 spiro atoms. The number of anilines is 2. The highest BCUT2D eigenvalue weighted by atomic mass is 16.2. The standard InChI is InChI=1S/C22H26N4O3/c1-14(2)8-21(28)26-13-20(27)25-18-10-17(6-7-19(18)26)22(29)24-12-16-5-3-4-15(9-16)11-23/h3-7,9-10,14H,8,11-13,23H2,1-2H3,(H,24,29)(H,25,27). The van der Waals surface area contributed by atoms with E-state index in [1.165, 1.54) is 4.90 Å². The largest absolute Gasteiger partial charge is 0.348 e. The van der Waals surface area contributed by atoms with Gasteiger partial charge in [-0.1, -0.05) is 38.1 Å². The molecule has 0 saturated heterocycles. The highest BCUT2D eigenvalue weighted by Crippen LogP contribution is 2.31. The van der Waals surface area contributed by atoms with E-state index in [1.807, 2.05) is 38.1 Å². The molecule has 0 bridgehead atoms. The summed E-state index contributed by atoms with van der Waals surface area (Å²) >= 11 is 0. The van der Waals surface area contributed by atoms with Crippen molar-refractivity contribution in [2.45, 2.75) is 33.4 Å². The Morgan fingerprint density at radius 1 is 1.17 bits per heavy atom. The highest BCUT2D eigenvalue weighted by molar-refractivity contribution is 6.11. The van der Waals surface area contributed by atoms with Crippen LogP contribution in [-0.4, -0.2) is 24.3 Å². The monoisotopic (exact) mass is 394 g/mol. The van der Waals surface area contributed by atoms with Gasteiger partial charge >= 0.3 is 0 Å². The minimum Gasteiger partial charge on any atom is -0.348 e. The van der Waals surface area contributed by atoms with Crippen LogP contribution in [-0.2, 0) is 22.7 Å². The molecule has 1 aliphatic heterocycles. The van der Waals surface area contributed by atoms with E-state index in [2.05, 4.69) is 10.6 Å². The normalized spacial score (nSPS) is 13.1. The van der Waals surface area contributed by atoms with Crippen LogP contribution in [0.25, 0.3) is 0 Å². The number of fused-ring (bicyclic) bond motifs is 1. The molecule has 0 radical (unpaired) electrons. The lowest BCUT2D eigenvalue weighted by molar-refractivity contribution is -0.122. The van der Waals surface area contributed by atoms with Crippen LogP contribution in [0.5, 0.6) is 0 Å². The molecule has 1 heterocycles. The maximum Gasteiger partial charge on any atom is 0.251 e. The molecule has 3 rings (SSSR count). The average molecular weight is 394 g/mol. The first-order valence-electron chi connectivity index (χ1n) is 9.67. The summed E-state index contributed by atoms with van der Waals surface area (Å²) in [4.78, 5) is 38.6. The highest BCUT2D eigenvalue weighted by Gasteiger charge is 2.27. The van der Waals surface area contributed by atoms with Crippen LogP contribution in [0.3, 0.4) is 0 Å². The van der Waals surface area contributed by atoms with Gasteiger partial charge in [-0.2, -0.15) is 0 Å². The molecule has 0 aliphatic carbocycles. The Morgan fingerprint density at radius 2 is 1.93 bits per heavy atom. The van der Waals surface area contributed by atoms with Crippen LogP contribution in [0.1, 0.15) is 41.8 Å². The van der Waals surface area contributed by atoms with E-state index in [0.29, 0.717) is 36.4 Å². The molecule has 3 amide bonds. The van der Waals surface area contributed by atoms with E-state index < -0.39 is 0 Å². The fraction of sp³-hybridized carbons (Fsp3) is 0.318. The van der Waals surface area contributed by atoms with Gasteiger partial charge in [-0.25, -0.2) is 0 Å². The molecule has 0 unspecified atom stereocenters. The van der Waals surface area contributed by atoms with Crippen molar-refractivity contribution in [1.82, 2.24) is 5.32 Å². The van der Waals surface area contributed by atoms with Crippen molar-refractivity contribution in [2.75, 3.05) is 16.8 Å². The molecule has 0 aromatic heterocycles. The van der Waals surface area contributed by atoms with E-state index in [-0.39, 0.29) is 30.2 Å². The van der Waals surface area contributed by atoms with Gasteiger partial charge in [-0.15, -0.1) is 0 Å². The van der Waals surface area contributed by atoms with E-state index in [4.69, 9.17) is 5.73 Å². The van der Waals surface area contributed by atoms with Crippen LogP contribution >= 0.6 is 0 Å². The van der Waals surface area contributed by atoms with Gasteiger partial charge in [0.1, 0.15) is 6.54 Å². The van der Waals surface area contributed by atoms with Gasteiger partial charge < -0.3 is 21.3 Å². The summed E-state index contributed by atoms with van der Waals surface area (Å²) in [7, 11) is 0. The van der Waals surface area contributed by atoms with Gasteiger partial charge in [0.05, 0.1) is 11.4 Å². The summed E-state index contributed by atoms with van der Waals surface area (Å²) in [6.07, 6.45) is 0.358. The summed E-state index contributed by atoms with van der Waals surface area (Å²) in [5.74, 6) is -0.441. The van der Waals surface area contributed by atoms with Crippen LogP contribution in [0.4, 0.5) is 11.4 Å². The number of nitrogens with zero attached hydrogens (tertiary/aromatic N) is 1. The number of amides is 3. The smallest absolute Gasteiger partial charge is 0.251 e. The first-order chi connectivity index (χ1) is 13.9. The Kier molecular flexibility index (Phi) is 6.29. The van der Waals surface area contributed by atoms with Crippen LogP contribution in [0.2, 0.25) is 0 Å². The fourth-order valence-corrected chi connectivity index (χ4v) is 3.26. The molecule has 29 heavy (non-hydrogen) atoms. The second kappa shape index (κ2) is 8.87. The molecule has 0 saturated carbocycles. The Labute approximate surface area is 170 Å². The Balaban J connectivity index is 1.74. The third-order valence-corrected chi connectivity index (χ3v) is 4.69. The average Bonchev–Trinajstić information content (AvgIpc) is 2.70. The van der Waals surface area contributed by atoms with E-state index in [9.17, 15) is 14.4 Å². The molecular weight excluding hydrogens is 368 g/mol. The van der Waals surface area contributed by atoms with Crippen molar-refractivity contribution < 1.29 is 14.4 Å². The van der Waals surface area contributed by atoms with Gasteiger partial charge in [0, 0.05) is 25.1 Å². The third-order valence-electron chi connectivity index (χ3n) is 4.69. The lowest BCUT2D eigenvalue weighted by atomic mass is 10.1. The number of rotatable bonds is 6. The zero-order valence-electron chi connectivity index (χ0n) is 16.7. The second-order valence-electron chi connectivity index (χ2n) is 7.56. The SMILES string of the molecule is CC(C)CC(=O)N1CC(=O)Nc2cc(C(=O)NCc3cccc(CN)c3)ccc21. The van der Waals surface area contributed by atoms with Crippen LogP contribution in [0, 0.1) is 5.92 Å². The minimum atomic E-state index is -0.272. The van der Waals surface area contributed by atoms with Crippen LogP contribution in [0.15, 0.2) is 42.5 Å². The Hall–Kier alpha value is -3.19. The Bertz CT molecular complexity index is 939. The quantitative estimate of drug-likeness (QED) is 0.700. The number of carbonyl (C=O) groups excluding carboxylic acids is 3. The van der Waals surface area contributed by atoms with Gasteiger partial charge in [0.15, 0.2) is 0 Å². The molecule has 0 fully saturated rings. The van der Waals surface area contributed by atoms with Crippen molar-refractivity contribution in [3.05, 3.63) is 59.2 Å². The van der Waals surface area contributed by atoms with Gasteiger partial charge in [0.25, 0.3) is 5.91 Å². The van der Waals surface area contributed by atoms with Gasteiger partial charge in [0.2, 0.25) is 11.8 Å². The minimum absolute atomic E-state index is 0.0123. The predicted octanol–water partition coefficient (Wildman–Crippen LogP) is 2.41. The molecule has 1 aliphatic rings. The number of nitrogens with one attached hydrogen (secondary N) is 2. The second-order valence-corrected chi connectivity index (χ2v) is 7.56. The predicted molar refractivity (Wildman–Crippen MR) is 112 cm³/mol. The molecule has 152 valence electrons. The topological polar surface area (TPSA) is 105 Å². The summed E-state index contributed by atoms with van der Waals surface area (Å²) < 4.78 is 0. The molecule has 7 heteroatoms. The van der Waals surface area contributed by atoms with E-state index >= 15 is 0 Å². The van der Waals surface area contributed by atoms with Gasteiger partial charge in [-0.05, 0) is 35.2 Å². The summed E-state index contributed by atoms with van der Waals surface area (Å²) in [5, 5.41) is 5.63. The zero-order chi connectivity index (χ0) is 21.0. The van der Waals surface area contributed by atoms with Crippen molar-refractivity contribution in [2.24, 2.45) is 11.7 Å². The summed E-state index contributed by atoms with van der Waals surface area (Å²) in [6.45, 7) is 4.72. The van der Waals surface area contributed by atoms with Crippen molar-refractivity contribution in [3.8, 4) is 0 Å². The number of benzene rings is 2. The summed E-state index contributed by atoms with van der Waals surface area (Å²) in [5.41, 5.74) is 9.10. The molecule has 2 aromatic rings. The van der Waals surface area contributed by atoms with E-state index in [0.717, 1.165) is 11.1 Å². The number of carbonyl (C=O) groups is 3. The molecule has 4 N–H and O–H groups in total. The van der Waals surface area contributed by atoms with Crippen LogP contribution < -0.4 is 21.3 Å². The maximum atomic E-state index is 12.6. The molecule has 7 nitrogen and oxygen atoms in total. The first-order valence-corrected chi connectivity index (χ1v) is 9.67. The van der Waals surface area contributed by atoms with Gasteiger partial charge in [-0.3, -0.25) is 14.4 Å². The van der Waals surface area contributed by atoms with Crippen molar-refractivity contribution in [3.63, 3.8) is 0 Å². The fourth-order valence-electron chi connectivity index (χ4n) is 3.26.